The predicted octanol–water partition coefficient (Wildman–Crippen LogP) is 5.60. The van der Waals surface area contributed by atoms with E-state index in [1.54, 1.807) is 0 Å². The lowest BCUT2D eigenvalue weighted by atomic mass is 9.75. The minimum Gasteiger partial charge on any atom is -0.306 e. The van der Waals surface area contributed by atoms with Gasteiger partial charge in [0.15, 0.2) is 0 Å². The van der Waals surface area contributed by atoms with Crippen LogP contribution < -0.4 is 5.43 Å². The van der Waals surface area contributed by atoms with E-state index in [1.807, 2.05) is 30.5 Å². The van der Waals surface area contributed by atoms with Crippen LogP contribution in [0.25, 0.3) is 0 Å². The third kappa shape index (κ3) is 3.33. The maximum atomic E-state index is 6.41. The lowest BCUT2D eigenvalue weighted by Gasteiger charge is -2.31. The van der Waals surface area contributed by atoms with Crippen LogP contribution in [0, 0.1) is 0 Å². The van der Waals surface area contributed by atoms with Crippen molar-refractivity contribution >= 4 is 11.6 Å². The molecule has 0 saturated carbocycles. The van der Waals surface area contributed by atoms with Gasteiger partial charge in [0.25, 0.3) is 0 Å². The van der Waals surface area contributed by atoms with Crippen molar-refractivity contribution in [2.75, 3.05) is 0 Å². The molecule has 0 spiro atoms. The average Bonchev–Trinajstić information content (AvgIpc) is 3.17. The summed E-state index contributed by atoms with van der Waals surface area (Å²) in [5.41, 5.74) is 5.57. The summed E-state index contributed by atoms with van der Waals surface area (Å²) in [6, 6.07) is 21.2. The van der Waals surface area contributed by atoms with E-state index in [1.165, 1.54) is 11.1 Å². The van der Waals surface area contributed by atoms with Crippen molar-refractivity contribution in [2.45, 2.75) is 17.9 Å². The first-order chi connectivity index (χ1) is 12.8. The van der Waals surface area contributed by atoms with E-state index in [2.05, 4.69) is 83.4 Å². The first kappa shape index (κ1) is 16.7. The van der Waals surface area contributed by atoms with E-state index in [9.17, 15) is 0 Å². The Morgan fingerprint density at radius 3 is 2.50 bits per heavy atom. The van der Waals surface area contributed by atoms with Crippen molar-refractivity contribution in [1.29, 1.82) is 0 Å². The molecule has 0 bridgehead atoms. The van der Waals surface area contributed by atoms with Crippen molar-refractivity contribution in [2.24, 2.45) is 0 Å². The highest BCUT2D eigenvalue weighted by Crippen LogP contribution is 2.38. The van der Waals surface area contributed by atoms with Crippen molar-refractivity contribution in [3.63, 3.8) is 0 Å². The van der Waals surface area contributed by atoms with Crippen LogP contribution in [-0.2, 0) is 5.41 Å². The molecule has 2 aliphatic rings. The highest BCUT2D eigenvalue weighted by molar-refractivity contribution is 6.29. The normalized spacial score (nSPS) is 24.7. The highest BCUT2D eigenvalue weighted by Gasteiger charge is 2.30. The minimum absolute atomic E-state index is 0.179. The Kier molecular flexibility index (Phi) is 4.68. The molecule has 0 radical (unpaired) electrons. The van der Waals surface area contributed by atoms with Crippen molar-refractivity contribution < 1.29 is 0 Å². The van der Waals surface area contributed by atoms with Gasteiger partial charge >= 0.3 is 0 Å². The van der Waals surface area contributed by atoms with E-state index in [-0.39, 0.29) is 11.5 Å². The number of benzene rings is 2. The number of allylic oxidation sites excluding steroid dienone is 5. The fourth-order valence-electron chi connectivity index (χ4n) is 3.54. The molecule has 26 heavy (non-hydrogen) atoms. The van der Waals surface area contributed by atoms with Gasteiger partial charge in [0.2, 0.25) is 0 Å². The number of rotatable bonds is 4. The van der Waals surface area contributed by atoms with Gasteiger partial charge in [0, 0.05) is 22.8 Å². The van der Waals surface area contributed by atoms with E-state index in [4.69, 9.17) is 11.6 Å². The maximum Gasteiger partial charge on any atom is 0.0944 e. The molecule has 0 saturated heterocycles. The van der Waals surface area contributed by atoms with Gasteiger partial charge in [-0.1, -0.05) is 90.5 Å². The molecule has 2 atom stereocenters. The van der Waals surface area contributed by atoms with Crippen molar-refractivity contribution in [3.8, 4) is 0 Å². The molecule has 130 valence electrons. The van der Waals surface area contributed by atoms with Gasteiger partial charge in [-0.25, -0.2) is 0 Å². The quantitative estimate of drug-likeness (QED) is 0.763. The maximum absolute atomic E-state index is 6.41. The Morgan fingerprint density at radius 1 is 1.04 bits per heavy atom. The lowest BCUT2D eigenvalue weighted by Crippen LogP contribution is -2.29. The Labute approximate surface area is 159 Å². The number of nitrogens with one attached hydrogen (secondary N) is 1. The molecule has 2 unspecified atom stereocenters. The summed E-state index contributed by atoms with van der Waals surface area (Å²) in [4.78, 5) is 0. The van der Waals surface area contributed by atoms with Crippen LogP contribution in [-0.4, -0.2) is 5.01 Å². The van der Waals surface area contributed by atoms with Crippen molar-refractivity contribution in [1.82, 2.24) is 10.4 Å². The summed E-state index contributed by atoms with van der Waals surface area (Å²) in [7, 11) is 0. The van der Waals surface area contributed by atoms with Gasteiger partial charge in [0.05, 0.1) is 6.04 Å². The largest absolute Gasteiger partial charge is 0.306 e. The average molecular weight is 361 g/mol. The fourth-order valence-corrected chi connectivity index (χ4v) is 3.84. The van der Waals surface area contributed by atoms with Crippen LogP contribution >= 0.6 is 11.6 Å². The molecule has 2 aromatic rings. The topological polar surface area (TPSA) is 15.3 Å². The molecular weight excluding hydrogens is 340 g/mol. The van der Waals surface area contributed by atoms with Gasteiger partial charge in [-0.15, -0.1) is 0 Å². The third-order valence-corrected chi connectivity index (χ3v) is 5.18. The molecule has 0 aromatic heterocycles. The third-order valence-electron chi connectivity index (χ3n) is 4.92. The molecule has 1 aliphatic heterocycles. The number of hydrogen-bond acceptors (Lipinski definition) is 2. The molecule has 0 fully saturated rings. The summed E-state index contributed by atoms with van der Waals surface area (Å²) in [5, 5.41) is 2.99. The molecular formula is C23H21ClN2. The van der Waals surface area contributed by atoms with Crippen LogP contribution in [0.1, 0.15) is 23.6 Å². The molecule has 1 heterocycles. The second-order valence-electron chi connectivity index (χ2n) is 6.62. The van der Waals surface area contributed by atoms with E-state index in [0.717, 1.165) is 11.5 Å². The Hall–Kier alpha value is -2.71. The summed E-state index contributed by atoms with van der Waals surface area (Å²) < 4.78 is 0. The SMILES string of the molecule is ClC1=CC=CC(C=CN2NC=CC2c2ccccc2)(c2ccccc2)C1. The van der Waals surface area contributed by atoms with Gasteiger partial charge in [-0.2, -0.15) is 0 Å². The zero-order valence-electron chi connectivity index (χ0n) is 14.4. The number of hydrazine groups is 1. The minimum atomic E-state index is -0.237. The van der Waals surface area contributed by atoms with E-state index >= 15 is 0 Å². The highest BCUT2D eigenvalue weighted by atomic mass is 35.5. The summed E-state index contributed by atoms with van der Waals surface area (Å²) >= 11 is 6.41. The van der Waals surface area contributed by atoms with Crippen LogP contribution in [0.4, 0.5) is 0 Å². The Morgan fingerprint density at radius 2 is 1.77 bits per heavy atom. The summed E-state index contributed by atoms with van der Waals surface area (Å²) in [6.45, 7) is 0. The molecule has 0 amide bonds. The molecule has 4 rings (SSSR count). The first-order valence-electron chi connectivity index (χ1n) is 8.82. The monoisotopic (exact) mass is 360 g/mol. The van der Waals surface area contributed by atoms with Gasteiger partial charge in [-0.05, 0) is 29.7 Å². The predicted molar refractivity (Wildman–Crippen MR) is 108 cm³/mol. The molecule has 1 N–H and O–H groups in total. The lowest BCUT2D eigenvalue weighted by molar-refractivity contribution is 0.293. The molecule has 2 aromatic carbocycles. The molecule has 3 heteroatoms. The second kappa shape index (κ2) is 7.27. The van der Waals surface area contributed by atoms with Crippen molar-refractivity contribution in [3.05, 3.63) is 120 Å². The number of nitrogens with zero attached hydrogens (tertiary/aromatic N) is 1. The van der Waals surface area contributed by atoms with Gasteiger partial charge in [-0.3, -0.25) is 5.01 Å². The van der Waals surface area contributed by atoms with E-state index in [0.29, 0.717) is 0 Å². The van der Waals surface area contributed by atoms with Gasteiger partial charge < -0.3 is 5.43 Å². The second-order valence-corrected chi connectivity index (χ2v) is 7.11. The van der Waals surface area contributed by atoms with Crippen LogP contribution in [0.15, 0.2) is 108 Å². The first-order valence-corrected chi connectivity index (χ1v) is 9.20. The smallest absolute Gasteiger partial charge is 0.0944 e. The van der Waals surface area contributed by atoms with Gasteiger partial charge in [0.1, 0.15) is 0 Å². The summed E-state index contributed by atoms with van der Waals surface area (Å²) in [5.74, 6) is 0. The number of hydrogen-bond donors (Lipinski definition) is 1. The Balaban J connectivity index is 1.64. The standard InChI is InChI=1S/C23H21ClN2/c24-21-12-7-14-23(18-21,20-10-5-2-6-11-20)15-17-26-22(13-16-25-26)19-8-3-1-4-9-19/h1-17,22,25H,18H2. The molecule has 2 nitrogen and oxygen atoms in total. The summed E-state index contributed by atoms with van der Waals surface area (Å²) in [6.07, 6.45) is 15.5. The molecule has 1 aliphatic carbocycles. The Bertz CT molecular complexity index is 868. The zero-order valence-corrected chi connectivity index (χ0v) is 15.2. The number of halogens is 1. The fraction of sp³-hybridized carbons (Fsp3) is 0.130. The van der Waals surface area contributed by atoms with Crippen LogP contribution in [0.2, 0.25) is 0 Å². The van der Waals surface area contributed by atoms with Crippen LogP contribution in [0.3, 0.4) is 0 Å². The van der Waals surface area contributed by atoms with Crippen LogP contribution in [0.5, 0.6) is 0 Å². The zero-order chi connectivity index (χ0) is 17.8. The van der Waals surface area contributed by atoms with E-state index < -0.39 is 0 Å².